The Hall–Kier alpha value is -3.92. The zero-order chi connectivity index (χ0) is 18.8. The van der Waals surface area contributed by atoms with E-state index in [-0.39, 0.29) is 0 Å². The standard InChI is InChI=1S/C24H18N4/c1-3-9-19(10-4-1)27(20-11-5-2-6-12-20)21-15-17-22(18-16-21)28-24-14-8-7-13-23(24)25-26-28/h1-18H. The topological polar surface area (TPSA) is 34.0 Å². The van der Waals surface area contributed by atoms with Gasteiger partial charge in [-0.15, -0.1) is 5.10 Å². The van der Waals surface area contributed by atoms with E-state index in [1.807, 2.05) is 41.1 Å². The SMILES string of the molecule is c1ccc(N(c2ccccc2)c2ccc(-n3nnc4ccccc43)cc2)cc1. The first-order chi connectivity index (χ1) is 13.9. The fraction of sp³-hybridized carbons (Fsp3) is 0. The van der Waals surface area contributed by atoms with Crippen LogP contribution in [0, 0.1) is 0 Å². The third kappa shape index (κ3) is 2.91. The summed E-state index contributed by atoms with van der Waals surface area (Å²) in [6.07, 6.45) is 0. The number of hydrogen-bond acceptors (Lipinski definition) is 3. The molecule has 0 saturated heterocycles. The van der Waals surface area contributed by atoms with Gasteiger partial charge < -0.3 is 4.90 Å². The van der Waals surface area contributed by atoms with Crippen molar-refractivity contribution in [3.05, 3.63) is 109 Å². The van der Waals surface area contributed by atoms with Crippen molar-refractivity contribution in [3.8, 4) is 5.69 Å². The molecule has 4 nitrogen and oxygen atoms in total. The van der Waals surface area contributed by atoms with Crippen LogP contribution in [0.5, 0.6) is 0 Å². The molecule has 0 saturated carbocycles. The van der Waals surface area contributed by atoms with Gasteiger partial charge in [0.1, 0.15) is 5.52 Å². The number of nitrogens with zero attached hydrogens (tertiary/aromatic N) is 4. The maximum Gasteiger partial charge on any atom is 0.113 e. The van der Waals surface area contributed by atoms with Crippen LogP contribution >= 0.6 is 0 Å². The zero-order valence-electron chi connectivity index (χ0n) is 15.2. The van der Waals surface area contributed by atoms with E-state index in [1.54, 1.807) is 0 Å². The average Bonchev–Trinajstić information content (AvgIpc) is 3.20. The molecule has 0 fully saturated rings. The Morgan fingerprint density at radius 3 is 1.71 bits per heavy atom. The fourth-order valence-corrected chi connectivity index (χ4v) is 3.40. The third-order valence-corrected chi connectivity index (χ3v) is 4.73. The van der Waals surface area contributed by atoms with Crippen molar-refractivity contribution in [2.45, 2.75) is 0 Å². The summed E-state index contributed by atoms with van der Waals surface area (Å²) in [4.78, 5) is 2.24. The monoisotopic (exact) mass is 362 g/mol. The predicted molar refractivity (Wildman–Crippen MR) is 114 cm³/mol. The number of hydrogen-bond donors (Lipinski definition) is 0. The minimum atomic E-state index is 0.891. The van der Waals surface area contributed by atoms with Gasteiger partial charge in [-0.1, -0.05) is 53.7 Å². The highest BCUT2D eigenvalue weighted by molar-refractivity contribution is 5.78. The Labute approximate surface area is 163 Å². The molecule has 1 heterocycles. The third-order valence-electron chi connectivity index (χ3n) is 4.73. The number of fused-ring (bicyclic) bond motifs is 1. The van der Waals surface area contributed by atoms with E-state index in [2.05, 4.69) is 88.0 Å². The predicted octanol–water partition coefficient (Wildman–Crippen LogP) is 5.89. The van der Waals surface area contributed by atoms with Crippen LogP contribution in [0.2, 0.25) is 0 Å². The molecule has 0 bridgehead atoms. The van der Waals surface area contributed by atoms with Gasteiger partial charge in [-0.05, 0) is 60.7 Å². The molecule has 0 amide bonds. The molecule has 0 aliphatic heterocycles. The highest BCUT2D eigenvalue weighted by Gasteiger charge is 2.12. The lowest BCUT2D eigenvalue weighted by molar-refractivity contribution is 0.824. The number of anilines is 3. The maximum absolute atomic E-state index is 4.31. The normalized spacial score (nSPS) is 10.9. The van der Waals surface area contributed by atoms with E-state index in [9.17, 15) is 0 Å². The van der Waals surface area contributed by atoms with Gasteiger partial charge in [-0.25, -0.2) is 4.68 Å². The second-order valence-corrected chi connectivity index (χ2v) is 6.51. The van der Waals surface area contributed by atoms with E-state index in [4.69, 9.17) is 0 Å². The summed E-state index contributed by atoms with van der Waals surface area (Å²) in [5.74, 6) is 0. The van der Waals surface area contributed by atoms with Crippen LogP contribution in [-0.4, -0.2) is 15.0 Å². The van der Waals surface area contributed by atoms with Gasteiger partial charge >= 0.3 is 0 Å². The van der Waals surface area contributed by atoms with Gasteiger partial charge in [0.25, 0.3) is 0 Å². The molecule has 28 heavy (non-hydrogen) atoms. The Bertz CT molecular complexity index is 1160. The van der Waals surface area contributed by atoms with Crippen LogP contribution in [-0.2, 0) is 0 Å². The Morgan fingerprint density at radius 2 is 1.07 bits per heavy atom. The maximum atomic E-state index is 4.31. The lowest BCUT2D eigenvalue weighted by atomic mass is 10.2. The lowest BCUT2D eigenvalue weighted by Crippen LogP contribution is -2.09. The second kappa shape index (κ2) is 7.00. The Kier molecular flexibility index (Phi) is 4.07. The summed E-state index contributed by atoms with van der Waals surface area (Å²) < 4.78 is 1.87. The van der Waals surface area contributed by atoms with E-state index >= 15 is 0 Å². The molecule has 0 spiro atoms. The van der Waals surface area contributed by atoms with E-state index in [1.165, 1.54) is 0 Å². The van der Waals surface area contributed by atoms with E-state index in [0.717, 1.165) is 33.8 Å². The van der Waals surface area contributed by atoms with E-state index < -0.39 is 0 Å². The molecule has 5 rings (SSSR count). The van der Waals surface area contributed by atoms with Crippen LogP contribution in [0.1, 0.15) is 0 Å². The van der Waals surface area contributed by atoms with E-state index in [0.29, 0.717) is 0 Å². The van der Waals surface area contributed by atoms with Gasteiger partial charge in [-0.2, -0.15) is 0 Å². The Balaban J connectivity index is 1.57. The molecule has 0 aliphatic rings. The molecule has 0 aliphatic carbocycles. The molecule has 0 N–H and O–H groups in total. The average molecular weight is 362 g/mol. The molecular formula is C24H18N4. The molecule has 4 heteroatoms. The van der Waals surface area contributed by atoms with Crippen molar-refractivity contribution in [2.24, 2.45) is 0 Å². The van der Waals surface area contributed by atoms with Crippen molar-refractivity contribution in [1.82, 2.24) is 15.0 Å². The van der Waals surface area contributed by atoms with Crippen LogP contribution in [0.25, 0.3) is 16.7 Å². The molecule has 4 aromatic carbocycles. The van der Waals surface area contributed by atoms with Crippen molar-refractivity contribution in [3.63, 3.8) is 0 Å². The zero-order valence-corrected chi connectivity index (χ0v) is 15.2. The minimum absolute atomic E-state index is 0.891. The summed E-state index contributed by atoms with van der Waals surface area (Å²) in [5, 5.41) is 8.56. The number of para-hydroxylation sites is 3. The molecule has 5 aromatic rings. The first-order valence-corrected chi connectivity index (χ1v) is 9.21. The van der Waals surface area contributed by atoms with Crippen molar-refractivity contribution in [1.29, 1.82) is 0 Å². The van der Waals surface area contributed by atoms with Crippen molar-refractivity contribution >= 4 is 28.1 Å². The number of aromatic nitrogens is 3. The lowest BCUT2D eigenvalue weighted by Gasteiger charge is -2.25. The minimum Gasteiger partial charge on any atom is -0.311 e. The fourth-order valence-electron chi connectivity index (χ4n) is 3.40. The number of rotatable bonds is 4. The van der Waals surface area contributed by atoms with Crippen LogP contribution in [0.15, 0.2) is 109 Å². The summed E-state index contributed by atoms with van der Waals surface area (Å²) in [6, 6.07) is 37.1. The summed E-state index contributed by atoms with van der Waals surface area (Å²) in [6.45, 7) is 0. The molecule has 0 atom stereocenters. The largest absolute Gasteiger partial charge is 0.311 e. The highest BCUT2D eigenvalue weighted by Crippen LogP contribution is 2.34. The summed E-state index contributed by atoms with van der Waals surface area (Å²) in [7, 11) is 0. The summed E-state index contributed by atoms with van der Waals surface area (Å²) in [5.41, 5.74) is 6.20. The highest BCUT2D eigenvalue weighted by atomic mass is 15.4. The number of benzene rings is 4. The van der Waals surface area contributed by atoms with Gasteiger partial charge in [0.15, 0.2) is 0 Å². The molecular weight excluding hydrogens is 344 g/mol. The van der Waals surface area contributed by atoms with Crippen LogP contribution in [0.3, 0.4) is 0 Å². The van der Waals surface area contributed by atoms with Gasteiger partial charge in [0, 0.05) is 17.1 Å². The van der Waals surface area contributed by atoms with Gasteiger partial charge in [0.2, 0.25) is 0 Å². The smallest absolute Gasteiger partial charge is 0.113 e. The van der Waals surface area contributed by atoms with Crippen molar-refractivity contribution < 1.29 is 0 Å². The van der Waals surface area contributed by atoms with Gasteiger partial charge in [0.05, 0.1) is 11.2 Å². The molecule has 0 radical (unpaired) electrons. The van der Waals surface area contributed by atoms with Crippen LogP contribution in [0.4, 0.5) is 17.1 Å². The van der Waals surface area contributed by atoms with Gasteiger partial charge in [-0.3, -0.25) is 0 Å². The second-order valence-electron chi connectivity index (χ2n) is 6.51. The Morgan fingerprint density at radius 1 is 0.536 bits per heavy atom. The first kappa shape index (κ1) is 16.3. The first-order valence-electron chi connectivity index (χ1n) is 9.21. The van der Waals surface area contributed by atoms with Crippen LogP contribution < -0.4 is 4.90 Å². The molecule has 0 unspecified atom stereocenters. The van der Waals surface area contributed by atoms with Crippen molar-refractivity contribution in [2.75, 3.05) is 4.90 Å². The summed E-state index contributed by atoms with van der Waals surface area (Å²) >= 11 is 0. The quantitative estimate of drug-likeness (QED) is 0.400. The molecule has 134 valence electrons. The molecule has 1 aromatic heterocycles.